The second-order valence-corrected chi connectivity index (χ2v) is 8.47. The van der Waals surface area contributed by atoms with Gasteiger partial charge < -0.3 is 14.6 Å². The summed E-state index contributed by atoms with van der Waals surface area (Å²) in [6.07, 6.45) is 8.51. The molecule has 4 bridgehead atoms. The van der Waals surface area contributed by atoms with Gasteiger partial charge in [0.25, 0.3) is 0 Å². The van der Waals surface area contributed by atoms with E-state index in [0.717, 1.165) is 47.1 Å². The maximum atomic E-state index is 5.58. The molecule has 0 saturated heterocycles. The smallest absolute Gasteiger partial charge is 0.167 e. The van der Waals surface area contributed by atoms with Gasteiger partial charge in [0, 0.05) is 23.7 Å². The van der Waals surface area contributed by atoms with Crippen LogP contribution < -0.4 is 10.1 Å². The second kappa shape index (κ2) is 5.87. The van der Waals surface area contributed by atoms with Gasteiger partial charge in [-0.25, -0.2) is 0 Å². The molecule has 1 heterocycles. The summed E-state index contributed by atoms with van der Waals surface area (Å²) < 4.78 is 10.9. The fourth-order valence-electron chi connectivity index (χ4n) is 5.91. The van der Waals surface area contributed by atoms with Crippen LogP contribution in [0.15, 0.2) is 34.9 Å². The number of hydrogen-bond acceptors (Lipinski definition) is 4. The van der Waals surface area contributed by atoms with Crippen LogP contribution in [0.4, 0.5) is 0 Å². The Bertz CT molecular complexity index is 731. The maximum Gasteiger partial charge on any atom is 0.167 e. The highest BCUT2D eigenvalue weighted by molar-refractivity contribution is 5.59. The van der Waals surface area contributed by atoms with Gasteiger partial charge in [-0.15, -0.1) is 0 Å². The Morgan fingerprint density at radius 2 is 1.84 bits per heavy atom. The van der Waals surface area contributed by atoms with Gasteiger partial charge in [-0.05, 0) is 68.4 Å². The summed E-state index contributed by atoms with van der Waals surface area (Å²) in [5.41, 5.74) is 2.37. The molecule has 0 unspecified atom stereocenters. The summed E-state index contributed by atoms with van der Waals surface area (Å²) >= 11 is 0. The van der Waals surface area contributed by atoms with Crippen LogP contribution in [0, 0.1) is 17.8 Å². The molecule has 4 saturated carbocycles. The third-order valence-corrected chi connectivity index (χ3v) is 6.60. The average Bonchev–Trinajstić information content (AvgIpc) is 3.08. The average molecular weight is 338 g/mol. The summed E-state index contributed by atoms with van der Waals surface area (Å²) in [5, 5.41) is 8.17. The van der Waals surface area contributed by atoms with Crippen LogP contribution in [-0.2, 0) is 6.54 Å². The summed E-state index contributed by atoms with van der Waals surface area (Å²) in [6.45, 7) is 0.805. The molecule has 4 heteroatoms. The minimum absolute atomic E-state index is 0.365. The summed E-state index contributed by atoms with van der Waals surface area (Å²) in [4.78, 5) is 0. The molecule has 0 spiro atoms. The molecule has 2 aromatic rings. The van der Waals surface area contributed by atoms with E-state index in [-0.39, 0.29) is 0 Å². The molecule has 4 aliphatic rings. The van der Waals surface area contributed by atoms with Crippen LogP contribution in [0.25, 0.3) is 11.3 Å². The number of hydrogen-bond donors (Lipinski definition) is 1. The van der Waals surface area contributed by atoms with Crippen LogP contribution >= 0.6 is 0 Å². The molecule has 0 radical (unpaired) electrons. The Hall–Kier alpha value is -1.81. The molecule has 1 aromatic carbocycles. The molecular formula is C21H26N2O2. The number of nitrogens with one attached hydrogen (secondary N) is 1. The van der Waals surface area contributed by atoms with E-state index in [1.165, 1.54) is 38.5 Å². The van der Waals surface area contributed by atoms with E-state index in [9.17, 15) is 0 Å². The first kappa shape index (κ1) is 15.4. The zero-order chi connectivity index (χ0) is 16.9. The Balaban J connectivity index is 1.29. The zero-order valence-corrected chi connectivity index (χ0v) is 14.8. The first-order valence-corrected chi connectivity index (χ1v) is 9.56. The number of aromatic nitrogens is 1. The number of methoxy groups -OCH3 is 1. The van der Waals surface area contributed by atoms with E-state index in [1.807, 2.05) is 24.3 Å². The van der Waals surface area contributed by atoms with Crippen molar-refractivity contribution in [1.82, 2.24) is 10.5 Å². The van der Waals surface area contributed by atoms with Crippen molar-refractivity contribution in [2.75, 3.05) is 7.11 Å². The monoisotopic (exact) mass is 338 g/mol. The predicted molar refractivity (Wildman–Crippen MR) is 96.2 cm³/mol. The van der Waals surface area contributed by atoms with E-state index in [0.29, 0.717) is 5.54 Å². The van der Waals surface area contributed by atoms with Crippen molar-refractivity contribution in [3.63, 3.8) is 0 Å². The molecule has 0 aliphatic heterocycles. The molecular weight excluding hydrogens is 312 g/mol. The molecule has 0 atom stereocenters. The lowest BCUT2D eigenvalue weighted by atomic mass is 9.53. The quantitative estimate of drug-likeness (QED) is 0.877. The lowest BCUT2D eigenvalue weighted by Crippen LogP contribution is -2.58. The third kappa shape index (κ3) is 2.86. The Labute approximate surface area is 148 Å². The van der Waals surface area contributed by atoms with Crippen LogP contribution in [0.2, 0.25) is 0 Å². The largest absolute Gasteiger partial charge is 0.497 e. The van der Waals surface area contributed by atoms with Gasteiger partial charge in [-0.3, -0.25) is 0 Å². The second-order valence-electron chi connectivity index (χ2n) is 8.47. The molecule has 1 aromatic heterocycles. The minimum Gasteiger partial charge on any atom is -0.497 e. The Morgan fingerprint density at radius 3 is 2.52 bits per heavy atom. The highest BCUT2D eigenvalue weighted by Gasteiger charge is 2.50. The molecule has 132 valence electrons. The highest BCUT2D eigenvalue weighted by Crippen LogP contribution is 2.55. The maximum absolute atomic E-state index is 5.58. The standard InChI is InChI=1S/C21H26N2O2/c1-24-19-4-2-3-17(8-19)20-9-18(23-25-20)13-22-21-10-14-5-15(11-21)7-16(6-14)12-21/h2-4,8-9,14-16,22H,5-7,10-13H2,1H3. The fourth-order valence-corrected chi connectivity index (χ4v) is 5.91. The van der Waals surface area contributed by atoms with Crippen molar-refractivity contribution in [1.29, 1.82) is 0 Å². The number of rotatable bonds is 5. The normalized spacial score (nSPS) is 32.9. The fraction of sp³-hybridized carbons (Fsp3) is 0.571. The first-order valence-electron chi connectivity index (χ1n) is 9.56. The molecule has 0 amide bonds. The van der Waals surface area contributed by atoms with Crippen molar-refractivity contribution < 1.29 is 9.26 Å². The van der Waals surface area contributed by atoms with Crippen molar-refractivity contribution >= 4 is 0 Å². The Kier molecular flexibility index (Phi) is 3.63. The van der Waals surface area contributed by atoms with Gasteiger partial charge in [0.15, 0.2) is 5.76 Å². The van der Waals surface area contributed by atoms with E-state index in [4.69, 9.17) is 9.26 Å². The molecule has 25 heavy (non-hydrogen) atoms. The lowest BCUT2D eigenvalue weighted by molar-refractivity contribution is -0.0208. The van der Waals surface area contributed by atoms with Gasteiger partial charge in [-0.2, -0.15) is 0 Å². The first-order chi connectivity index (χ1) is 12.2. The van der Waals surface area contributed by atoms with E-state index in [2.05, 4.69) is 16.5 Å². The third-order valence-electron chi connectivity index (χ3n) is 6.60. The minimum atomic E-state index is 0.365. The van der Waals surface area contributed by atoms with E-state index in [1.54, 1.807) is 7.11 Å². The zero-order valence-electron chi connectivity index (χ0n) is 14.8. The van der Waals surface area contributed by atoms with Crippen LogP contribution in [0.1, 0.15) is 44.2 Å². The van der Waals surface area contributed by atoms with Gasteiger partial charge in [0.1, 0.15) is 5.75 Å². The van der Waals surface area contributed by atoms with Gasteiger partial charge in [0.2, 0.25) is 0 Å². The number of nitrogens with zero attached hydrogens (tertiary/aromatic N) is 1. The summed E-state index contributed by atoms with van der Waals surface area (Å²) in [7, 11) is 1.68. The molecule has 4 fully saturated rings. The van der Waals surface area contributed by atoms with E-state index < -0.39 is 0 Å². The van der Waals surface area contributed by atoms with Gasteiger partial charge >= 0.3 is 0 Å². The lowest BCUT2D eigenvalue weighted by Gasteiger charge is -2.57. The SMILES string of the molecule is COc1cccc(-c2cc(CNC34CC5CC(CC(C5)C3)C4)no2)c1. The van der Waals surface area contributed by atoms with Crippen LogP contribution in [0.3, 0.4) is 0 Å². The Morgan fingerprint density at radius 1 is 1.12 bits per heavy atom. The molecule has 4 aliphatic carbocycles. The predicted octanol–water partition coefficient (Wildman–Crippen LogP) is 4.41. The van der Waals surface area contributed by atoms with Crippen LogP contribution in [0.5, 0.6) is 5.75 Å². The van der Waals surface area contributed by atoms with Crippen LogP contribution in [-0.4, -0.2) is 17.8 Å². The topological polar surface area (TPSA) is 47.3 Å². The number of benzene rings is 1. The van der Waals surface area contributed by atoms with Crippen molar-refractivity contribution in [3.05, 3.63) is 36.0 Å². The van der Waals surface area contributed by atoms with Gasteiger partial charge in [-0.1, -0.05) is 17.3 Å². The van der Waals surface area contributed by atoms with Crippen molar-refractivity contribution in [2.24, 2.45) is 17.8 Å². The summed E-state index contributed by atoms with van der Waals surface area (Å²) in [6, 6.07) is 9.98. The highest BCUT2D eigenvalue weighted by atomic mass is 16.5. The number of ether oxygens (including phenoxy) is 1. The van der Waals surface area contributed by atoms with E-state index >= 15 is 0 Å². The van der Waals surface area contributed by atoms with Crippen molar-refractivity contribution in [2.45, 2.75) is 50.6 Å². The molecule has 1 N–H and O–H groups in total. The van der Waals surface area contributed by atoms with Gasteiger partial charge in [0.05, 0.1) is 12.8 Å². The van der Waals surface area contributed by atoms with Crippen molar-refractivity contribution in [3.8, 4) is 17.1 Å². The summed E-state index contributed by atoms with van der Waals surface area (Å²) in [5.74, 6) is 4.53. The molecule has 4 nitrogen and oxygen atoms in total. The molecule has 6 rings (SSSR count).